The molecular formula is C13H18N2O. The summed E-state index contributed by atoms with van der Waals surface area (Å²) in [5.41, 5.74) is 4.85. The number of benzene rings is 1. The van der Waals surface area contributed by atoms with Gasteiger partial charge in [-0.05, 0) is 49.9 Å². The highest BCUT2D eigenvalue weighted by atomic mass is 16.2. The first-order valence-electron chi connectivity index (χ1n) is 5.75. The van der Waals surface area contributed by atoms with E-state index in [0.29, 0.717) is 0 Å². The average Bonchev–Trinajstić information content (AvgIpc) is 2.63. The Morgan fingerprint density at radius 2 is 1.94 bits per heavy atom. The molecule has 0 amide bonds. The van der Waals surface area contributed by atoms with Gasteiger partial charge in [-0.25, -0.2) is 4.98 Å². The minimum Gasteiger partial charge on any atom is -0.396 e. The van der Waals surface area contributed by atoms with Crippen LogP contribution in [0.2, 0.25) is 0 Å². The molecule has 1 aromatic carbocycles. The molecule has 3 nitrogen and oxygen atoms in total. The quantitative estimate of drug-likeness (QED) is 0.800. The highest BCUT2D eigenvalue weighted by Crippen LogP contribution is 2.18. The van der Waals surface area contributed by atoms with E-state index in [2.05, 4.69) is 35.5 Å². The van der Waals surface area contributed by atoms with Crippen LogP contribution in [0.1, 0.15) is 24.0 Å². The first-order chi connectivity index (χ1) is 7.72. The van der Waals surface area contributed by atoms with E-state index in [1.165, 1.54) is 16.6 Å². The van der Waals surface area contributed by atoms with Gasteiger partial charge in [0.15, 0.2) is 0 Å². The summed E-state index contributed by atoms with van der Waals surface area (Å²) in [7, 11) is 0. The number of aliphatic hydroxyl groups is 1. The normalized spacial score (nSPS) is 11.2. The van der Waals surface area contributed by atoms with Gasteiger partial charge in [-0.1, -0.05) is 0 Å². The summed E-state index contributed by atoms with van der Waals surface area (Å²) in [5.74, 6) is 0. The minimum atomic E-state index is 0.269. The summed E-state index contributed by atoms with van der Waals surface area (Å²) in [6, 6.07) is 4.32. The molecule has 2 aromatic rings. The number of aryl methyl sites for hydroxylation is 3. The van der Waals surface area contributed by atoms with Gasteiger partial charge in [0.2, 0.25) is 0 Å². The van der Waals surface area contributed by atoms with E-state index < -0.39 is 0 Å². The summed E-state index contributed by atoms with van der Waals surface area (Å²) in [5, 5.41) is 8.76. The molecular weight excluding hydrogens is 200 g/mol. The highest BCUT2D eigenvalue weighted by molar-refractivity contribution is 5.77. The van der Waals surface area contributed by atoms with Crippen LogP contribution in [0, 0.1) is 13.8 Å². The fourth-order valence-corrected chi connectivity index (χ4v) is 1.89. The lowest BCUT2D eigenvalue weighted by atomic mass is 10.1. The van der Waals surface area contributed by atoms with Crippen molar-refractivity contribution in [2.24, 2.45) is 0 Å². The SMILES string of the molecule is Cc1cc2ncn(CCCCO)c2cc1C. The number of fused-ring (bicyclic) bond motifs is 1. The first-order valence-corrected chi connectivity index (χ1v) is 5.75. The molecule has 0 saturated heterocycles. The Morgan fingerprint density at radius 1 is 1.19 bits per heavy atom. The second-order valence-electron chi connectivity index (χ2n) is 4.29. The van der Waals surface area contributed by atoms with Crippen LogP contribution in [0.5, 0.6) is 0 Å². The zero-order chi connectivity index (χ0) is 11.5. The molecule has 0 aliphatic carbocycles. The minimum absolute atomic E-state index is 0.269. The van der Waals surface area contributed by atoms with Crippen molar-refractivity contribution in [3.63, 3.8) is 0 Å². The lowest BCUT2D eigenvalue weighted by molar-refractivity contribution is 0.281. The third-order valence-electron chi connectivity index (χ3n) is 3.04. The maximum absolute atomic E-state index is 8.76. The standard InChI is InChI=1S/C13H18N2O/c1-10-7-12-13(8-11(10)2)15(9-14-12)5-3-4-6-16/h7-9,16H,3-6H2,1-2H3. The number of aromatic nitrogens is 2. The topological polar surface area (TPSA) is 38.0 Å². The second-order valence-corrected chi connectivity index (χ2v) is 4.29. The van der Waals surface area contributed by atoms with Gasteiger partial charge in [0.1, 0.15) is 0 Å². The maximum Gasteiger partial charge on any atom is 0.0958 e. The second kappa shape index (κ2) is 4.66. The van der Waals surface area contributed by atoms with Crippen LogP contribution >= 0.6 is 0 Å². The van der Waals surface area contributed by atoms with Crippen molar-refractivity contribution in [2.45, 2.75) is 33.2 Å². The number of unbranched alkanes of at least 4 members (excludes halogenated alkanes) is 1. The molecule has 1 aromatic heterocycles. The zero-order valence-electron chi connectivity index (χ0n) is 9.90. The fraction of sp³-hybridized carbons (Fsp3) is 0.462. The van der Waals surface area contributed by atoms with Crippen molar-refractivity contribution < 1.29 is 5.11 Å². The van der Waals surface area contributed by atoms with Crippen LogP contribution in [0.25, 0.3) is 11.0 Å². The molecule has 0 spiro atoms. The smallest absolute Gasteiger partial charge is 0.0958 e. The molecule has 0 radical (unpaired) electrons. The van der Waals surface area contributed by atoms with E-state index in [4.69, 9.17) is 5.11 Å². The van der Waals surface area contributed by atoms with Crippen molar-refractivity contribution in [3.8, 4) is 0 Å². The van der Waals surface area contributed by atoms with Crippen molar-refractivity contribution in [1.82, 2.24) is 9.55 Å². The molecule has 0 fully saturated rings. The largest absolute Gasteiger partial charge is 0.396 e. The summed E-state index contributed by atoms with van der Waals surface area (Å²) in [4.78, 5) is 4.40. The maximum atomic E-state index is 8.76. The van der Waals surface area contributed by atoms with E-state index in [1.54, 1.807) is 0 Å². The monoisotopic (exact) mass is 218 g/mol. The Hall–Kier alpha value is -1.35. The zero-order valence-corrected chi connectivity index (χ0v) is 9.90. The molecule has 86 valence electrons. The molecule has 0 aliphatic rings. The first kappa shape index (κ1) is 11.1. The average molecular weight is 218 g/mol. The summed E-state index contributed by atoms with van der Waals surface area (Å²) < 4.78 is 2.16. The number of nitrogens with zero attached hydrogens (tertiary/aromatic N) is 2. The van der Waals surface area contributed by atoms with E-state index >= 15 is 0 Å². The van der Waals surface area contributed by atoms with Crippen molar-refractivity contribution in [2.75, 3.05) is 6.61 Å². The predicted octanol–water partition coefficient (Wildman–Crippen LogP) is 2.43. The Kier molecular flexibility index (Phi) is 3.25. The Bertz CT molecular complexity index is 488. The van der Waals surface area contributed by atoms with Gasteiger partial charge in [0.25, 0.3) is 0 Å². The fourth-order valence-electron chi connectivity index (χ4n) is 1.89. The van der Waals surface area contributed by atoms with Crippen LogP contribution in [-0.2, 0) is 6.54 Å². The highest BCUT2D eigenvalue weighted by Gasteiger charge is 2.04. The molecule has 2 rings (SSSR count). The molecule has 1 N–H and O–H groups in total. The van der Waals surface area contributed by atoms with Gasteiger partial charge < -0.3 is 9.67 Å². The molecule has 0 atom stereocenters. The van der Waals surface area contributed by atoms with Crippen LogP contribution in [-0.4, -0.2) is 21.3 Å². The van der Waals surface area contributed by atoms with Gasteiger partial charge in [-0.2, -0.15) is 0 Å². The van der Waals surface area contributed by atoms with E-state index in [1.807, 2.05) is 6.33 Å². The van der Waals surface area contributed by atoms with E-state index in [-0.39, 0.29) is 6.61 Å². The number of hydrogen-bond donors (Lipinski definition) is 1. The molecule has 16 heavy (non-hydrogen) atoms. The van der Waals surface area contributed by atoms with Crippen molar-refractivity contribution >= 4 is 11.0 Å². The van der Waals surface area contributed by atoms with E-state index in [0.717, 1.165) is 24.9 Å². The van der Waals surface area contributed by atoms with Gasteiger partial charge in [0.05, 0.1) is 17.4 Å². The summed E-state index contributed by atoms with van der Waals surface area (Å²) >= 11 is 0. The van der Waals surface area contributed by atoms with Crippen LogP contribution in [0.15, 0.2) is 18.5 Å². The summed E-state index contributed by atoms with van der Waals surface area (Å²) in [6.07, 6.45) is 3.74. The number of imidazole rings is 1. The Labute approximate surface area is 95.7 Å². The lowest BCUT2D eigenvalue weighted by Crippen LogP contribution is -1.97. The molecule has 0 saturated carbocycles. The number of aliphatic hydroxyl groups excluding tert-OH is 1. The van der Waals surface area contributed by atoms with E-state index in [9.17, 15) is 0 Å². The molecule has 1 heterocycles. The van der Waals surface area contributed by atoms with Gasteiger partial charge >= 0.3 is 0 Å². The van der Waals surface area contributed by atoms with Crippen LogP contribution in [0.3, 0.4) is 0 Å². The molecule has 3 heteroatoms. The Morgan fingerprint density at radius 3 is 2.69 bits per heavy atom. The summed E-state index contributed by atoms with van der Waals surface area (Å²) in [6.45, 7) is 5.43. The van der Waals surface area contributed by atoms with Gasteiger partial charge in [0, 0.05) is 13.2 Å². The number of rotatable bonds is 4. The van der Waals surface area contributed by atoms with Gasteiger partial charge in [-0.15, -0.1) is 0 Å². The van der Waals surface area contributed by atoms with Crippen molar-refractivity contribution in [1.29, 1.82) is 0 Å². The Balaban J connectivity index is 2.29. The molecule has 0 unspecified atom stereocenters. The molecule has 0 bridgehead atoms. The third-order valence-corrected chi connectivity index (χ3v) is 3.04. The van der Waals surface area contributed by atoms with Gasteiger partial charge in [-0.3, -0.25) is 0 Å². The third kappa shape index (κ3) is 2.09. The lowest BCUT2D eigenvalue weighted by Gasteiger charge is -2.05. The predicted molar refractivity (Wildman–Crippen MR) is 65.5 cm³/mol. The van der Waals surface area contributed by atoms with Crippen molar-refractivity contribution in [3.05, 3.63) is 29.6 Å². The molecule has 0 aliphatic heterocycles. The van der Waals surface area contributed by atoms with Crippen LogP contribution in [0.4, 0.5) is 0 Å². The number of hydrogen-bond acceptors (Lipinski definition) is 2. The van der Waals surface area contributed by atoms with Crippen LogP contribution < -0.4 is 0 Å².